The van der Waals surface area contributed by atoms with Crippen LogP contribution in [0, 0.1) is 12.8 Å². The Labute approximate surface area is 120 Å². The molecule has 1 aromatic rings. The lowest BCUT2D eigenvalue weighted by Gasteiger charge is -2.37. The highest BCUT2D eigenvalue weighted by Gasteiger charge is 2.21. The molecule has 1 aliphatic rings. The van der Waals surface area contributed by atoms with Crippen molar-refractivity contribution in [3.05, 3.63) is 11.9 Å². The molecule has 0 aromatic carbocycles. The fourth-order valence-electron chi connectivity index (χ4n) is 2.61. The van der Waals surface area contributed by atoms with Gasteiger partial charge in [-0.25, -0.2) is 9.97 Å². The number of anilines is 1. The Morgan fingerprint density at radius 1 is 1.30 bits per heavy atom. The van der Waals surface area contributed by atoms with Gasteiger partial charge in [-0.05, 0) is 19.4 Å². The van der Waals surface area contributed by atoms with E-state index in [0.717, 1.165) is 50.6 Å². The Morgan fingerprint density at radius 2 is 2.00 bits per heavy atom. The number of nitrogens with two attached hydrogens (primary N) is 1. The van der Waals surface area contributed by atoms with Gasteiger partial charge in [0.05, 0.1) is 12.7 Å². The predicted octanol–water partition coefficient (Wildman–Crippen LogP) is 0.510. The van der Waals surface area contributed by atoms with Gasteiger partial charge in [-0.15, -0.1) is 0 Å². The van der Waals surface area contributed by atoms with E-state index in [0.29, 0.717) is 11.8 Å². The second-order valence-corrected chi connectivity index (χ2v) is 5.46. The lowest BCUT2D eigenvalue weighted by molar-refractivity contribution is 0.226. The van der Waals surface area contributed by atoms with Crippen LogP contribution in [-0.2, 0) is 0 Å². The van der Waals surface area contributed by atoms with Crippen LogP contribution in [-0.4, -0.2) is 61.2 Å². The van der Waals surface area contributed by atoms with Gasteiger partial charge in [-0.3, -0.25) is 4.90 Å². The van der Waals surface area contributed by atoms with Crippen molar-refractivity contribution in [3.8, 4) is 5.88 Å². The Hall–Kier alpha value is -1.40. The van der Waals surface area contributed by atoms with Crippen LogP contribution in [0.5, 0.6) is 5.88 Å². The highest BCUT2D eigenvalue weighted by Crippen LogP contribution is 2.24. The molecule has 1 saturated heterocycles. The molecule has 2 N–H and O–H groups in total. The van der Waals surface area contributed by atoms with Crippen LogP contribution in [0.3, 0.4) is 0 Å². The number of rotatable bonds is 5. The SMILES string of the molecule is COc1ncnc(N2CCN(CC(C)CN)CC2)c1C. The third-order valence-electron chi connectivity index (χ3n) is 3.85. The van der Waals surface area contributed by atoms with Gasteiger partial charge < -0.3 is 15.4 Å². The summed E-state index contributed by atoms with van der Waals surface area (Å²) < 4.78 is 5.26. The minimum absolute atomic E-state index is 0.558. The van der Waals surface area contributed by atoms with Gasteiger partial charge in [-0.2, -0.15) is 0 Å². The van der Waals surface area contributed by atoms with Crippen LogP contribution in [0.25, 0.3) is 0 Å². The molecule has 2 heterocycles. The molecule has 2 rings (SSSR count). The molecule has 6 heteroatoms. The lowest BCUT2D eigenvalue weighted by atomic mass is 10.1. The van der Waals surface area contributed by atoms with Crippen LogP contribution in [0.2, 0.25) is 0 Å². The van der Waals surface area contributed by atoms with Crippen molar-refractivity contribution in [3.63, 3.8) is 0 Å². The number of hydrogen-bond acceptors (Lipinski definition) is 6. The highest BCUT2D eigenvalue weighted by atomic mass is 16.5. The Bertz CT molecular complexity index is 432. The monoisotopic (exact) mass is 279 g/mol. The van der Waals surface area contributed by atoms with Crippen molar-refractivity contribution in [1.82, 2.24) is 14.9 Å². The topological polar surface area (TPSA) is 67.5 Å². The molecule has 0 bridgehead atoms. The van der Waals surface area contributed by atoms with Crippen molar-refractivity contribution >= 4 is 5.82 Å². The minimum Gasteiger partial charge on any atom is -0.481 e. The van der Waals surface area contributed by atoms with E-state index in [9.17, 15) is 0 Å². The molecular weight excluding hydrogens is 254 g/mol. The van der Waals surface area contributed by atoms with E-state index >= 15 is 0 Å². The maximum Gasteiger partial charge on any atom is 0.221 e. The first-order valence-corrected chi connectivity index (χ1v) is 7.18. The lowest BCUT2D eigenvalue weighted by Crippen LogP contribution is -2.48. The predicted molar refractivity (Wildman–Crippen MR) is 80.2 cm³/mol. The Kier molecular flexibility index (Phi) is 5.14. The highest BCUT2D eigenvalue weighted by molar-refractivity contribution is 5.50. The molecule has 20 heavy (non-hydrogen) atoms. The smallest absolute Gasteiger partial charge is 0.221 e. The van der Waals surface area contributed by atoms with Crippen LogP contribution >= 0.6 is 0 Å². The zero-order valence-electron chi connectivity index (χ0n) is 12.7. The quantitative estimate of drug-likeness (QED) is 0.847. The molecule has 1 atom stereocenters. The molecule has 0 amide bonds. The van der Waals surface area contributed by atoms with Gasteiger partial charge in [0.2, 0.25) is 5.88 Å². The molecule has 1 aromatic heterocycles. The van der Waals surface area contributed by atoms with E-state index in [2.05, 4.69) is 26.7 Å². The molecule has 0 aliphatic carbocycles. The summed E-state index contributed by atoms with van der Waals surface area (Å²) in [7, 11) is 1.64. The molecule has 112 valence electrons. The van der Waals surface area contributed by atoms with Crippen molar-refractivity contribution in [2.45, 2.75) is 13.8 Å². The first-order valence-electron chi connectivity index (χ1n) is 7.18. The molecule has 0 saturated carbocycles. The van der Waals surface area contributed by atoms with E-state index in [1.165, 1.54) is 0 Å². The summed E-state index contributed by atoms with van der Waals surface area (Å²) in [5.74, 6) is 2.21. The number of hydrogen-bond donors (Lipinski definition) is 1. The number of ether oxygens (including phenoxy) is 1. The zero-order chi connectivity index (χ0) is 14.5. The van der Waals surface area contributed by atoms with Gasteiger partial charge in [0.25, 0.3) is 0 Å². The summed E-state index contributed by atoms with van der Waals surface area (Å²) in [4.78, 5) is 13.3. The van der Waals surface area contributed by atoms with E-state index in [1.807, 2.05) is 6.92 Å². The van der Waals surface area contributed by atoms with Crippen molar-refractivity contribution in [2.24, 2.45) is 11.7 Å². The maximum absolute atomic E-state index is 5.69. The first-order chi connectivity index (χ1) is 9.65. The van der Waals surface area contributed by atoms with Gasteiger partial charge in [0.15, 0.2) is 0 Å². The zero-order valence-corrected chi connectivity index (χ0v) is 12.7. The van der Waals surface area contributed by atoms with E-state index in [1.54, 1.807) is 13.4 Å². The maximum atomic E-state index is 5.69. The van der Waals surface area contributed by atoms with Gasteiger partial charge in [-0.1, -0.05) is 6.92 Å². The van der Waals surface area contributed by atoms with Crippen LogP contribution in [0.4, 0.5) is 5.82 Å². The summed E-state index contributed by atoms with van der Waals surface area (Å²) in [6, 6.07) is 0. The molecule has 1 fully saturated rings. The second-order valence-electron chi connectivity index (χ2n) is 5.46. The summed E-state index contributed by atoms with van der Waals surface area (Å²) in [5, 5.41) is 0. The average molecular weight is 279 g/mol. The normalized spacial score (nSPS) is 18.1. The van der Waals surface area contributed by atoms with Gasteiger partial charge in [0, 0.05) is 32.7 Å². The number of aromatic nitrogens is 2. The number of nitrogens with zero attached hydrogens (tertiary/aromatic N) is 4. The van der Waals surface area contributed by atoms with Crippen LogP contribution < -0.4 is 15.4 Å². The van der Waals surface area contributed by atoms with Crippen molar-refractivity contribution < 1.29 is 4.74 Å². The summed E-state index contributed by atoms with van der Waals surface area (Å²) >= 11 is 0. The molecule has 1 aliphatic heterocycles. The van der Waals surface area contributed by atoms with E-state index < -0.39 is 0 Å². The third kappa shape index (κ3) is 3.37. The number of methoxy groups -OCH3 is 1. The Morgan fingerprint density at radius 3 is 2.60 bits per heavy atom. The van der Waals surface area contributed by atoms with Crippen LogP contribution in [0.1, 0.15) is 12.5 Å². The van der Waals surface area contributed by atoms with Crippen molar-refractivity contribution in [1.29, 1.82) is 0 Å². The molecule has 0 radical (unpaired) electrons. The fourth-order valence-corrected chi connectivity index (χ4v) is 2.61. The molecular formula is C14H25N5O. The van der Waals surface area contributed by atoms with E-state index in [-0.39, 0.29) is 0 Å². The fraction of sp³-hybridized carbons (Fsp3) is 0.714. The Balaban J connectivity index is 1.97. The number of piperazine rings is 1. The molecule has 1 unspecified atom stereocenters. The third-order valence-corrected chi connectivity index (χ3v) is 3.85. The first kappa shape index (κ1) is 15.0. The summed E-state index contributed by atoms with van der Waals surface area (Å²) in [5.41, 5.74) is 6.70. The second kappa shape index (κ2) is 6.85. The van der Waals surface area contributed by atoms with Gasteiger partial charge >= 0.3 is 0 Å². The van der Waals surface area contributed by atoms with Gasteiger partial charge in [0.1, 0.15) is 12.1 Å². The average Bonchev–Trinajstić information content (AvgIpc) is 2.48. The van der Waals surface area contributed by atoms with Crippen molar-refractivity contribution in [2.75, 3.05) is 51.3 Å². The van der Waals surface area contributed by atoms with Crippen LogP contribution in [0.15, 0.2) is 6.33 Å². The standard InChI is InChI=1S/C14H25N5O/c1-11(8-15)9-18-4-6-19(7-5-18)13-12(2)14(20-3)17-10-16-13/h10-11H,4-9,15H2,1-3H3. The summed E-state index contributed by atoms with van der Waals surface area (Å²) in [6.45, 7) is 10.1. The minimum atomic E-state index is 0.558. The summed E-state index contributed by atoms with van der Waals surface area (Å²) in [6.07, 6.45) is 1.57. The van der Waals surface area contributed by atoms with E-state index in [4.69, 9.17) is 10.5 Å². The molecule has 6 nitrogen and oxygen atoms in total. The largest absolute Gasteiger partial charge is 0.481 e. The molecule has 0 spiro atoms.